The fraction of sp³-hybridized carbons (Fsp3) is 0.643. The Morgan fingerprint density at radius 1 is 1.39 bits per heavy atom. The molecule has 0 saturated carbocycles. The van der Waals surface area contributed by atoms with E-state index in [1.54, 1.807) is 0 Å². The second kappa shape index (κ2) is 5.24. The third-order valence-electron chi connectivity index (χ3n) is 3.08. The van der Waals surface area contributed by atoms with Crippen molar-refractivity contribution in [1.29, 1.82) is 0 Å². The highest BCUT2D eigenvalue weighted by molar-refractivity contribution is 5.97. The molecule has 0 amide bonds. The van der Waals surface area contributed by atoms with E-state index in [0.29, 0.717) is 5.76 Å². The predicted molar refractivity (Wildman–Crippen MR) is 66.7 cm³/mol. The summed E-state index contributed by atoms with van der Waals surface area (Å²) >= 11 is 0. The maximum absolute atomic E-state index is 12.0. The minimum atomic E-state index is -1.58. The molecule has 18 heavy (non-hydrogen) atoms. The van der Waals surface area contributed by atoms with Gasteiger partial charge in [0.2, 0.25) is 0 Å². The molecule has 1 unspecified atom stereocenters. The third kappa shape index (κ3) is 2.49. The summed E-state index contributed by atoms with van der Waals surface area (Å²) in [7, 11) is 1.42. The minimum absolute atomic E-state index is 0.151. The molecule has 1 aliphatic heterocycles. The fourth-order valence-electron chi connectivity index (χ4n) is 2.23. The van der Waals surface area contributed by atoms with E-state index in [4.69, 9.17) is 14.2 Å². The van der Waals surface area contributed by atoms with Crippen molar-refractivity contribution in [2.45, 2.75) is 51.6 Å². The van der Waals surface area contributed by atoms with Gasteiger partial charge in [0.05, 0.1) is 6.10 Å². The van der Waals surface area contributed by atoms with Crippen molar-refractivity contribution in [3.8, 4) is 0 Å². The van der Waals surface area contributed by atoms with Gasteiger partial charge in [-0.3, -0.25) is 4.79 Å². The van der Waals surface area contributed by atoms with E-state index >= 15 is 0 Å². The Labute approximate surface area is 108 Å². The van der Waals surface area contributed by atoms with Crippen LogP contribution in [0.1, 0.15) is 39.5 Å². The molecule has 100 valence electrons. The molecule has 0 spiro atoms. The van der Waals surface area contributed by atoms with E-state index in [0.717, 1.165) is 24.8 Å². The second-order valence-electron chi connectivity index (χ2n) is 4.88. The molecular weight excluding hydrogens is 232 g/mol. The van der Waals surface area contributed by atoms with Gasteiger partial charge in [-0.05, 0) is 45.1 Å². The average molecular weight is 252 g/mol. The van der Waals surface area contributed by atoms with Crippen LogP contribution in [0.15, 0.2) is 23.5 Å². The number of carbonyl (C=O) groups excluding carboxylic acids is 1. The molecule has 1 heterocycles. The molecular formula is C14H20O4. The monoisotopic (exact) mass is 252 g/mol. The van der Waals surface area contributed by atoms with Crippen LogP contribution in [0.3, 0.4) is 0 Å². The molecule has 4 nitrogen and oxygen atoms in total. The maximum Gasteiger partial charge on any atom is 0.395 e. The first-order valence-corrected chi connectivity index (χ1v) is 6.45. The molecule has 0 aromatic heterocycles. The quantitative estimate of drug-likeness (QED) is 0.722. The smallest absolute Gasteiger partial charge is 0.395 e. The summed E-state index contributed by atoms with van der Waals surface area (Å²) in [5.74, 6) is -1.26. The number of carbonyl (C=O) groups is 1. The van der Waals surface area contributed by atoms with Gasteiger partial charge in [0, 0.05) is 13.2 Å². The number of methoxy groups -OCH3 is 1. The Kier molecular flexibility index (Phi) is 3.88. The zero-order chi connectivity index (χ0) is 13.2. The first-order chi connectivity index (χ1) is 8.57. The summed E-state index contributed by atoms with van der Waals surface area (Å²) < 4.78 is 16.3. The molecule has 0 aromatic carbocycles. The van der Waals surface area contributed by atoms with E-state index < -0.39 is 5.97 Å². The predicted octanol–water partition coefficient (Wildman–Crippen LogP) is 2.70. The van der Waals surface area contributed by atoms with Gasteiger partial charge >= 0.3 is 5.97 Å². The molecule has 1 aliphatic carbocycles. The molecule has 0 saturated heterocycles. The number of hydrogen-bond acceptors (Lipinski definition) is 4. The van der Waals surface area contributed by atoms with Crippen LogP contribution in [0, 0.1) is 0 Å². The van der Waals surface area contributed by atoms with Gasteiger partial charge in [-0.15, -0.1) is 0 Å². The van der Waals surface area contributed by atoms with Crippen molar-refractivity contribution < 1.29 is 19.0 Å². The molecule has 2 aliphatic rings. The standard InChI is InChI=1S/C14H20O4/c1-10(2)17-14(16-3)13(15)9-12(18-14)11-7-5-4-6-8-11/h7,9-10H,4-6,8H2,1-3H3. The summed E-state index contributed by atoms with van der Waals surface area (Å²) in [5, 5.41) is 0. The first kappa shape index (κ1) is 13.3. The molecule has 0 aromatic rings. The molecule has 2 rings (SSSR count). The largest absolute Gasteiger partial charge is 0.433 e. The van der Waals surface area contributed by atoms with Gasteiger partial charge in [0.1, 0.15) is 5.76 Å². The Hall–Kier alpha value is -1.13. The van der Waals surface area contributed by atoms with Gasteiger partial charge in [-0.1, -0.05) is 6.08 Å². The summed E-state index contributed by atoms with van der Waals surface area (Å²) in [6.45, 7) is 3.69. The third-order valence-corrected chi connectivity index (χ3v) is 3.08. The molecule has 0 N–H and O–H groups in total. The van der Waals surface area contributed by atoms with E-state index in [1.807, 2.05) is 13.8 Å². The lowest BCUT2D eigenvalue weighted by Gasteiger charge is -2.28. The Bertz CT molecular complexity index is 395. The molecule has 0 bridgehead atoms. The Balaban J connectivity index is 2.16. The Morgan fingerprint density at radius 3 is 2.72 bits per heavy atom. The fourth-order valence-corrected chi connectivity index (χ4v) is 2.23. The van der Waals surface area contributed by atoms with Gasteiger partial charge in [0.15, 0.2) is 0 Å². The highest BCUT2D eigenvalue weighted by Gasteiger charge is 2.48. The van der Waals surface area contributed by atoms with E-state index in [-0.39, 0.29) is 11.9 Å². The number of allylic oxidation sites excluding steroid dienone is 2. The van der Waals surface area contributed by atoms with Crippen LogP contribution >= 0.6 is 0 Å². The van der Waals surface area contributed by atoms with Crippen molar-refractivity contribution in [3.05, 3.63) is 23.5 Å². The molecule has 4 heteroatoms. The van der Waals surface area contributed by atoms with Gasteiger partial charge < -0.3 is 14.2 Å². The number of ketones is 1. The van der Waals surface area contributed by atoms with Crippen LogP contribution in [0.2, 0.25) is 0 Å². The molecule has 0 radical (unpaired) electrons. The highest BCUT2D eigenvalue weighted by atomic mass is 16.9. The number of rotatable bonds is 4. The first-order valence-electron chi connectivity index (χ1n) is 6.45. The summed E-state index contributed by atoms with van der Waals surface area (Å²) in [6, 6.07) is 0. The summed E-state index contributed by atoms with van der Waals surface area (Å²) in [4.78, 5) is 12.0. The lowest BCUT2D eigenvalue weighted by molar-refractivity contribution is -0.332. The van der Waals surface area contributed by atoms with Crippen LogP contribution in [0.5, 0.6) is 0 Å². The van der Waals surface area contributed by atoms with Crippen LogP contribution < -0.4 is 0 Å². The molecule has 0 fully saturated rings. The lowest BCUT2D eigenvalue weighted by Crippen LogP contribution is -2.43. The van der Waals surface area contributed by atoms with Crippen LogP contribution in [-0.4, -0.2) is 25.0 Å². The van der Waals surface area contributed by atoms with Crippen LogP contribution in [0.4, 0.5) is 0 Å². The van der Waals surface area contributed by atoms with Crippen molar-refractivity contribution in [1.82, 2.24) is 0 Å². The average Bonchev–Trinajstić information content (AvgIpc) is 2.68. The topological polar surface area (TPSA) is 44.8 Å². The van der Waals surface area contributed by atoms with E-state index in [9.17, 15) is 4.79 Å². The van der Waals surface area contributed by atoms with Crippen molar-refractivity contribution in [2.75, 3.05) is 7.11 Å². The lowest BCUT2D eigenvalue weighted by atomic mass is 9.98. The van der Waals surface area contributed by atoms with Crippen LogP contribution in [0.25, 0.3) is 0 Å². The zero-order valence-electron chi connectivity index (χ0n) is 11.2. The minimum Gasteiger partial charge on any atom is -0.433 e. The number of ether oxygens (including phenoxy) is 3. The van der Waals surface area contributed by atoms with E-state index in [2.05, 4.69) is 6.08 Å². The second-order valence-corrected chi connectivity index (χ2v) is 4.88. The summed E-state index contributed by atoms with van der Waals surface area (Å²) in [5.41, 5.74) is 1.08. The van der Waals surface area contributed by atoms with Crippen molar-refractivity contribution in [3.63, 3.8) is 0 Å². The SMILES string of the molecule is COC1(OC(C)C)OC(C2=CCCCC2)=CC1=O. The zero-order valence-corrected chi connectivity index (χ0v) is 11.2. The van der Waals surface area contributed by atoms with Gasteiger partial charge in [-0.2, -0.15) is 0 Å². The van der Waals surface area contributed by atoms with E-state index in [1.165, 1.54) is 19.6 Å². The van der Waals surface area contributed by atoms with Crippen molar-refractivity contribution in [2.24, 2.45) is 0 Å². The van der Waals surface area contributed by atoms with Gasteiger partial charge in [0.25, 0.3) is 5.78 Å². The molecule has 1 atom stereocenters. The Morgan fingerprint density at radius 2 is 2.17 bits per heavy atom. The highest BCUT2D eigenvalue weighted by Crippen LogP contribution is 2.35. The normalized spacial score (nSPS) is 28.1. The van der Waals surface area contributed by atoms with Crippen molar-refractivity contribution >= 4 is 5.78 Å². The maximum atomic E-state index is 12.0. The summed E-state index contributed by atoms with van der Waals surface area (Å²) in [6.07, 6.45) is 7.78. The van der Waals surface area contributed by atoms with Crippen LogP contribution in [-0.2, 0) is 19.0 Å². The van der Waals surface area contributed by atoms with Gasteiger partial charge in [-0.25, -0.2) is 0 Å². The number of hydrogen-bond donors (Lipinski definition) is 0.